The molecule has 1 heterocycles. The number of aromatic nitrogens is 4. The first kappa shape index (κ1) is 14.1. The zero-order valence-corrected chi connectivity index (χ0v) is 11.4. The molecule has 7 nitrogen and oxygen atoms in total. The van der Waals surface area contributed by atoms with Gasteiger partial charge in [0.2, 0.25) is 0 Å². The molecule has 1 unspecified atom stereocenters. The highest BCUT2D eigenvalue weighted by atomic mass is 16.4. The fourth-order valence-corrected chi connectivity index (χ4v) is 1.92. The third-order valence-corrected chi connectivity index (χ3v) is 3.19. The van der Waals surface area contributed by atoms with E-state index in [9.17, 15) is 9.90 Å². The van der Waals surface area contributed by atoms with E-state index in [-0.39, 0.29) is 0 Å². The molecule has 2 aromatic rings. The van der Waals surface area contributed by atoms with Gasteiger partial charge >= 0.3 is 5.97 Å². The van der Waals surface area contributed by atoms with Crippen molar-refractivity contribution in [1.29, 1.82) is 0 Å². The van der Waals surface area contributed by atoms with Crippen molar-refractivity contribution in [2.75, 3.05) is 6.54 Å². The summed E-state index contributed by atoms with van der Waals surface area (Å²) in [6, 6.07) is 7.17. The Bertz CT molecular complexity index is 584. The van der Waals surface area contributed by atoms with Crippen LogP contribution < -0.4 is 5.32 Å². The van der Waals surface area contributed by atoms with Crippen LogP contribution >= 0.6 is 0 Å². The molecular weight excluding hydrogens is 258 g/mol. The van der Waals surface area contributed by atoms with Gasteiger partial charge in [-0.15, -0.1) is 5.10 Å². The second kappa shape index (κ2) is 5.79. The molecular formula is C13H17N5O2. The number of carboxylic acids is 1. The van der Waals surface area contributed by atoms with Crippen LogP contribution in [0.25, 0.3) is 5.69 Å². The quantitative estimate of drug-likeness (QED) is 0.815. The highest BCUT2D eigenvalue weighted by molar-refractivity contribution is 5.80. The van der Waals surface area contributed by atoms with E-state index in [1.165, 1.54) is 11.0 Å². The van der Waals surface area contributed by atoms with E-state index < -0.39 is 11.5 Å². The minimum Gasteiger partial charge on any atom is -0.480 e. The standard InChI is InChI=1S/C13H17N5O2/c1-3-7-14-13(2,12(19)20)10-5-4-6-11(8-10)18-9-15-16-17-18/h4-6,8-9,14H,3,7H2,1-2H3,(H,19,20). The summed E-state index contributed by atoms with van der Waals surface area (Å²) in [7, 11) is 0. The highest BCUT2D eigenvalue weighted by Crippen LogP contribution is 2.23. The molecule has 20 heavy (non-hydrogen) atoms. The van der Waals surface area contributed by atoms with Crippen molar-refractivity contribution in [3.05, 3.63) is 36.2 Å². The number of hydrogen-bond acceptors (Lipinski definition) is 5. The van der Waals surface area contributed by atoms with Gasteiger partial charge in [0.1, 0.15) is 11.9 Å². The first-order valence-corrected chi connectivity index (χ1v) is 6.40. The second-order valence-electron chi connectivity index (χ2n) is 4.66. The first-order valence-electron chi connectivity index (χ1n) is 6.40. The lowest BCUT2D eigenvalue weighted by atomic mass is 9.91. The predicted molar refractivity (Wildman–Crippen MR) is 72.4 cm³/mol. The third kappa shape index (κ3) is 2.67. The summed E-state index contributed by atoms with van der Waals surface area (Å²) in [5.74, 6) is -0.917. The summed E-state index contributed by atoms with van der Waals surface area (Å²) in [6.07, 6.45) is 2.33. The SMILES string of the molecule is CCCNC(C)(C(=O)O)c1cccc(-n2cnnn2)c1. The van der Waals surface area contributed by atoms with Gasteiger partial charge in [0.25, 0.3) is 0 Å². The molecule has 0 amide bonds. The number of tetrazole rings is 1. The van der Waals surface area contributed by atoms with Gasteiger partial charge in [-0.25, -0.2) is 9.48 Å². The number of nitrogens with one attached hydrogen (secondary N) is 1. The van der Waals surface area contributed by atoms with Gasteiger partial charge in [-0.2, -0.15) is 0 Å². The van der Waals surface area contributed by atoms with E-state index in [0.717, 1.165) is 12.1 Å². The van der Waals surface area contributed by atoms with E-state index in [4.69, 9.17) is 0 Å². The molecule has 106 valence electrons. The van der Waals surface area contributed by atoms with Crippen LogP contribution in [0.3, 0.4) is 0 Å². The van der Waals surface area contributed by atoms with Gasteiger partial charge < -0.3 is 5.11 Å². The normalized spacial score (nSPS) is 13.9. The fraction of sp³-hybridized carbons (Fsp3) is 0.385. The zero-order chi connectivity index (χ0) is 14.6. The molecule has 0 fully saturated rings. The maximum Gasteiger partial charge on any atom is 0.328 e. The van der Waals surface area contributed by atoms with Crippen LogP contribution in [0.1, 0.15) is 25.8 Å². The molecule has 1 aromatic carbocycles. The number of carboxylic acid groups (broad SMARTS) is 1. The number of rotatable bonds is 6. The summed E-state index contributed by atoms with van der Waals surface area (Å²) in [5, 5.41) is 23.6. The summed E-state index contributed by atoms with van der Waals surface area (Å²) < 4.78 is 1.49. The van der Waals surface area contributed by atoms with E-state index in [1.807, 2.05) is 13.0 Å². The van der Waals surface area contributed by atoms with Crippen molar-refractivity contribution < 1.29 is 9.90 Å². The van der Waals surface area contributed by atoms with Crippen molar-refractivity contribution >= 4 is 5.97 Å². The monoisotopic (exact) mass is 275 g/mol. The molecule has 0 aliphatic heterocycles. The fourth-order valence-electron chi connectivity index (χ4n) is 1.92. The van der Waals surface area contributed by atoms with Crippen LogP contribution in [0, 0.1) is 0 Å². The van der Waals surface area contributed by atoms with Gasteiger partial charge in [0.15, 0.2) is 0 Å². The molecule has 0 aliphatic rings. The van der Waals surface area contributed by atoms with E-state index in [2.05, 4.69) is 20.8 Å². The predicted octanol–water partition coefficient (Wildman–Crippen LogP) is 0.962. The molecule has 0 spiro atoms. The number of benzene rings is 1. The molecule has 0 radical (unpaired) electrons. The molecule has 0 bridgehead atoms. The summed E-state index contributed by atoms with van der Waals surface area (Å²) in [4.78, 5) is 11.6. The van der Waals surface area contributed by atoms with Gasteiger partial charge in [0.05, 0.1) is 5.69 Å². The Morgan fingerprint density at radius 2 is 2.30 bits per heavy atom. The van der Waals surface area contributed by atoms with E-state index >= 15 is 0 Å². The van der Waals surface area contributed by atoms with Crippen LogP contribution in [-0.2, 0) is 10.3 Å². The van der Waals surface area contributed by atoms with Crippen LogP contribution in [0.5, 0.6) is 0 Å². The van der Waals surface area contributed by atoms with Crippen molar-refractivity contribution in [3.8, 4) is 5.69 Å². The first-order chi connectivity index (χ1) is 9.58. The zero-order valence-electron chi connectivity index (χ0n) is 11.4. The maximum absolute atomic E-state index is 11.6. The summed E-state index contributed by atoms with van der Waals surface area (Å²) in [5.41, 5.74) is 0.241. The molecule has 2 N–H and O–H groups in total. The van der Waals surface area contributed by atoms with E-state index in [1.54, 1.807) is 25.1 Å². The third-order valence-electron chi connectivity index (χ3n) is 3.19. The average Bonchev–Trinajstić information content (AvgIpc) is 2.99. The van der Waals surface area contributed by atoms with E-state index in [0.29, 0.717) is 12.1 Å². The summed E-state index contributed by atoms with van der Waals surface area (Å²) in [6.45, 7) is 4.27. The van der Waals surface area contributed by atoms with Gasteiger partial charge in [-0.1, -0.05) is 19.1 Å². The average molecular weight is 275 g/mol. The van der Waals surface area contributed by atoms with Crippen LogP contribution in [0.15, 0.2) is 30.6 Å². The van der Waals surface area contributed by atoms with Crippen molar-refractivity contribution in [2.45, 2.75) is 25.8 Å². The van der Waals surface area contributed by atoms with Crippen LogP contribution in [0.2, 0.25) is 0 Å². The van der Waals surface area contributed by atoms with Gasteiger partial charge in [-0.3, -0.25) is 5.32 Å². The topological polar surface area (TPSA) is 92.9 Å². The lowest BCUT2D eigenvalue weighted by Gasteiger charge is -2.27. The van der Waals surface area contributed by atoms with Crippen molar-refractivity contribution in [1.82, 2.24) is 25.5 Å². The Kier molecular flexibility index (Phi) is 4.09. The van der Waals surface area contributed by atoms with Crippen LogP contribution in [0.4, 0.5) is 0 Å². The lowest BCUT2D eigenvalue weighted by molar-refractivity contribution is -0.144. The van der Waals surface area contributed by atoms with Crippen molar-refractivity contribution in [3.63, 3.8) is 0 Å². The highest BCUT2D eigenvalue weighted by Gasteiger charge is 2.34. The smallest absolute Gasteiger partial charge is 0.328 e. The van der Waals surface area contributed by atoms with Crippen LogP contribution in [-0.4, -0.2) is 37.8 Å². The molecule has 0 aliphatic carbocycles. The minimum atomic E-state index is -1.14. The molecule has 0 saturated carbocycles. The molecule has 7 heteroatoms. The number of nitrogens with zero attached hydrogens (tertiary/aromatic N) is 4. The number of aliphatic carboxylic acids is 1. The Morgan fingerprint density at radius 1 is 1.50 bits per heavy atom. The Morgan fingerprint density at radius 3 is 2.90 bits per heavy atom. The Hall–Kier alpha value is -2.28. The Balaban J connectivity index is 2.39. The largest absolute Gasteiger partial charge is 0.480 e. The summed E-state index contributed by atoms with van der Waals surface area (Å²) >= 11 is 0. The minimum absolute atomic E-state index is 0.623. The molecule has 1 atom stereocenters. The van der Waals surface area contributed by atoms with Gasteiger partial charge in [0, 0.05) is 0 Å². The maximum atomic E-state index is 11.6. The number of carbonyl (C=O) groups is 1. The molecule has 1 aromatic heterocycles. The lowest BCUT2D eigenvalue weighted by Crippen LogP contribution is -2.47. The second-order valence-corrected chi connectivity index (χ2v) is 4.66. The number of hydrogen-bond donors (Lipinski definition) is 2. The Labute approximate surface area is 116 Å². The molecule has 0 saturated heterocycles. The molecule has 2 rings (SSSR count). The van der Waals surface area contributed by atoms with Crippen molar-refractivity contribution in [2.24, 2.45) is 0 Å². The van der Waals surface area contributed by atoms with Gasteiger partial charge in [-0.05, 0) is 48.0 Å².